The lowest BCUT2D eigenvalue weighted by Crippen LogP contribution is -2.24. The maximum absolute atomic E-state index is 11.6. The van der Waals surface area contributed by atoms with E-state index in [0.29, 0.717) is 5.75 Å². The van der Waals surface area contributed by atoms with Crippen LogP contribution in [-0.2, 0) is 9.59 Å². The van der Waals surface area contributed by atoms with Crippen LogP contribution < -0.4 is 10.1 Å². The minimum atomic E-state index is -0.370. The Kier molecular flexibility index (Phi) is 5.72. The molecular formula is C17H16BrNO3. The molecule has 0 bridgehead atoms. The van der Waals surface area contributed by atoms with Crippen LogP contribution in [0, 0.1) is 0 Å². The minimum Gasteiger partial charge on any atom is -0.426 e. The quantitative estimate of drug-likeness (QED) is 0.654. The third kappa shape index (κ3) is 5.00. The summed E-state index contributed by atoms with van der Waals surface area (Å²) in [4.78, 5) is 22.3. The fourth-order valence-electron chi connectivity index (χ4n) is 1.88. The van der Waals surface area contributed by atoms with Crippen molar-refractivity contribution in [2.45, 2.75) is 13.3 Å². The van der Waals surface area contributed by atoms with Gasteiger partial charge in [0, 0.05) is 17.9 Å². The summed E-state index contributed by atoms with van der Waals surface area (Å²) in [5.41, 5.74) is 2.14. The standard InChI is InChI=1S/C17H16BrNO3/c1-12(20)19-11-10-17(21)22-16-8-4-14(5-9-16)13-2-6-15(18)7-3-13/h2-9H,10-11H2,1H3,(H,19,20). The molecule has 0 unspecified atom stereocenters. The Balaban J connectivity index is 1.93. The first-order valence-electron chi connectivity index (χ1n) is 6.86. The van der Waals surface area contributed by atoms with Crippen LogP contribution in [0.25, 0.3) is 11.1 Å². The van der Waals surface area contributed by atoms with Gasteiger partial charge in [-0.3, -0.25) is 9.59 Å². The van der Waals surface area contributed by atoms with Crippen LogP contribution in [0.3, 0.4) is 0 Å². The molecule has 1 N–H and O–H groups in total. The van der Waals surface area contributed by atoms with E-state index in [4.69, 9.17) is 4.74 Å². The van der Waals surface area contributed by atoms with Crippen molar-refractivity contribution in [3.05, 3.63) is 53.0 Å². The highest BCUT2D eigenvalue weighted by molar-refractivity contribution is 9.10. The number of hydrogen-bond donors (Lipinski definition) is 1. The molecule has 2 rings (SSSR count). The lowest BCUT2D eigenvalue weighted by Gasteiger charge is -2.06. The summed E-state index contributed by atoms with van der Waals surface area (Å²) in [6.45, 7) is 1.69. The largest absolute Gasteiger partial charge is 0.426 e. The first-order chi connectivity index (χ1) is 10.5. The molecule has 22 heavy (non-hydrogen) atoms. The Hall–Kier alpha value is -2.14. The van der Waals surface area contributed by atoms with Crippen molar-refractivity contribution >= 4 is 27.8 Å². The molecule has 0 aromatic heterocycles. The number of carbonyl (C=O) groups is 2. The number of nitrogens with one attached hydrogen (secondary N) is 1. The number of halogens is 1. The van der Waals surface area contributed by atoms with E-state index in [1.807, 2.05) is 36.4 Å². The van der Waals surface area contributed by atoms with Gasteiger partial charge in [0.1, 0.15) is 5.75 Å². The lowest BCUT2D eigenvalue weighted by atomic mass is 10.1. The fraction of sp³-hybridized carbons (Fsp3) is 0.176. The average molecular weight is 362 g/mol. The molecule has 2 aromatic carbocycles. The van der Waals surface area contributed by atoms with Gasteiger partial charge in [-0.25, -0.2) is 0 Å². The maximum atomic E-state index is 11.6. The predicted octanol–water partition coefficient (Wildman–Crippen LogP) is 3.55. The van der Waals surface area contributed by atoms with Gasteiger partial charge in [0.2, 0.25) is 5.91 Å². The second-order valence-electron chi connectivity index (χ2n) is 4.74. The summed E-state index contributed by atoms with van der Waals surface area (Å²) in [5.74, 6) is -0.0366. The smallest absolute Gasteiger partial charge is 0.312 e. The number of carbonyl (C=O) groups excluding carboxylic acids is 2. The van der Waals surface area contributed by atoms with Crippen molar-refractivity contribution in [2.75, 3.05) is 6.54 Å². The van der Waals surface area contributed by atoms with Crippen molar-refractivity contribution in [1.82, 2.24) is 5.32 Å². The molecule has 0 spiro atoms. The molecule has 1 amide bonds. The lowest BCUT2D eigenvalue weighted by molar-refractivity contribution is -0.134. The molecule has 0 aliphatic heterocycles. The zero-order chi connectivity index (χ0) is 15.9. The first kappa shape index (κ1) is 16.2. The molecule has 0 aliphatic rings. The average Bonchev–Trinajstić information content (AvgIpc) is 2.48. The molecule has 114 valence electrons. The van der Waals surface area contributed by atoms with E-state index in [-0.39, 0.29) is 24.8 Å². The van der Waals surface area contributed by atoms with Crippen molar-refractivity contribution in [3.63, 3.8) is 0 Å². The Bertz CT molecular complexity index is 651. The molecule has 0 aliphatic carbocycles. The SMILES string of the molecule is CC(=O)NCCC(=O)Oc1ccc(-c2ccc(Br)cc2)cc1. The highest BCUT2D eigenvalue weighted by atomic mass is 79.9. The number of ether oxygens (including phenoxy) is 1. The van der Waals surface area contributed by atoms with Crippen LogP contribution in [0.1, 0.15) is 13.3 Å². The van der Waals surface area contributed by atoms with E-state index in [0.717, 1.165) is 15.6 Å². The number of hydrogen-bond acceptors (Lipinski definition) is 3. The second-order valence-corrected chi connectivity index (χ2v) is 5.65. The third-order valence-corrected chi connectivity index (χ3v) is 3.50. The molecule has 0 saturated heterocycles. The van der Waals surface area contributed by atoms with Crippen LogP contribution in [0.2, 0.25) is 0 Å². The summed E-state index contributed by atoms with van der Waals surface area (Å²) < 4.78 is 6.24. The van der Waals surface area contributed by atoms with Gasteiger partial charge >= 0.3 is 5.97 Å². The molecule has 5 heteroatoms. The van der Waals surface area contributed by atoms with Crippen LogP contribution >= 0.6 is 15.9 Å². The molecule has 0 radical (unpaired) electrons. The summed E-state index contributed by atoms with van der Waals surface area (Å²) in [6.07, 6.45) is 0.147. The predicted molar refractivity (Wildman–Crippen MR) is 88.5 cm³/mol. The normalized spacial score (nSPS) is 10.1. The van der Waals surface area contributed by atoms with Crippen molar-refractivity contribution in [3.8, 4) is 16.9 Å². The molecule has 0 heterocycles. The van der Waals surface area contributed by atoms with E-state index in [1.54, 1.807) is 12.1 Å². The van der Waals surface area contributed by atoms with Gasteiger partial charge in [0.15, 0.2) is 0 Å². The molecule has 0 fully saturated rings. The second kappa shape index (κ2) is 7.75. The van der Waals surface area contributed by atoms with Crippen LogP contribution in [0.4, 0.5) is 0 Å². The van der Waals surface area contributed by atoms with Gasteiger partial charge < -0.3 is 10.1 Å². The van der Waals surface area contributed by atoms with E-state index >= 15 is 0 Å². The van der Waals surface area contributed by atoms with Gasteiger partial charge in [0.05, 0.1) is 6.42 Å². The first-order valence-corrected chi connectivity index (χ1v) is 7.65. The van der Waals surface area contributed by atoms with Crippen LogP contribution in [0.5, 0.6) is 5.75 Å². The number of benzene rings is 2. The monoisotopic (exact) mass is 361 g/mol. The van der Waals surface area contributed by atoms with Crippen LogP contribution in [-0.4, -0.2) is 18.4 Å². The van der Waals surface area contributed by atoms with E-state index in [9.17, 15) is 9.59 Å². The topological polar surface area (TPSA) is 55.4 Å². The summed E-state index contributed by atoms with van der Waals surface area (Å²) >= 11 is 3.40. The van der Waals surface area contributed by atoms with Crippen LogP contribution in [0.15, 0.2) is 53.0 Å². The zero-order valence-corrected chi connectivity index (χ0v) is 13.7. The van der Waals surface area contributed by atoms with Gasteiger partial charge in [-0.05, 0) is 35.4 Å². The highest BCUT2D eigenvalue weighted by Crippen LogP contribution is 2.24. The molecule has 2 aromatic rings. The Morgan fingerprint density at radius 2 is 1.55 bits per heavy atom. The fourth-order valence-corrected chi connectivity index (χ4v) is 2.15. The molecule has 4 nitrogen and oxygen atoms in total. The van der Waals surface area contributed by atoms with Gasteiger partial charge in [-0.1, -0.05) is 40.2 Å². The zero-order valence-electron chi connectivity index (χ0n) is 12.1. The van der Waals surface area contributed by atoms with Gasteiger partial charge in [-0.2, -0.15) is 0 Å². The summed E-state index contributed by atoms with van der Waals surface area (Å²) in [6, 6.07) is 15.3. The van der Waals surface area contributed by atoms with Crippen molar-refractivity contribution < 1.29 is 14.3 Å². The molecule has 0 atom stereocenters. The Morgan fingerprint density at radius 1 is 1.00 bits per heavy atom. The van der Waals surface area contributed by atoms with Gasteiger partial charge in [-0.15, -0.1) is 0 Å². The van der Waals surface area contributed by atoms with E-state index in [1.165, 1.54) is 6.92 Å². The van der Waals surface area contributed by atoms with Crippen molar-refractivity contribution in [1.29, 1.82) is 0 Å². The molecular weight excluding hydrogens is 346 g/mol. The minimum absolute atomic E-state index is 0.147. The Morgan fingerprint density at radius 3 is 2.09 bits per heavy atom. The molecule has 0 saturated carbocycles. The maximum Gasteiger partial charge on any atom is 0.312 e. The highest BCUT2D eigenvalue weighted by Gasteiger charge is 2.05. The van der Waals surface area contributed by atoms with Crippen molar-refractivity contribution in [2.24, 2.45) is 0 Å². The Labute approximate surface area is 137 Å². The third-order valence-electron chi connectivity index (χ3n) is 2.97. The number of rotatable bonds is 5. The summed E-state index contributed by atoms with van der Waals surface area (Å²) in [5, 5.41) is 2.55. The summed E-state index contributed by atoms with van der Waals surface area (Å²) in [7, 11) is 0. The number of esters is 1. The van der Waals surface area contributed by atoms with E-state index < -0.39 is 0 Å². The van der Waals surface area contributed by atoms with Gasteiger partial charge in [0.25, 0.3) is 0 Å². The van der Waals surface area contributed by atoms with E-state index in [2.05, 4.69) is 21.2 Å². The number of amides is 1.